The first kappa shape index (κ1) is 19.6. The van der Waals surface area contributed by atoms with Crippen molar-refractivity contribution in [2.45, 2.75) is 33.2 Å². The van der Waals surface area contributed by atoms with E-state index in [1.54, 1.807) is 26.0 Å². The highest BCUT2D eigenvalue weighted by molar-refractivity contribution is 5.95. The molecule has 1 aromatic heterocycles. The first-order valence-corrected chi connectivity index (χ1v) is 8.07. The maximum Gasteiger partial charge on any atom is 0.573 e. The van der Waals surface area contributed by atoms with Crippen molar-refractivity contribution in [2.75, 3.05) is 11.9 Å². The van der Waals surface area contributed by atoms with E-state index in [1.807, 2.05) is 6.92 Å². The SMILES string of the molecule is CCNc1cc(C(=O)N[C@H](C)c2ccc(OC(F)(F)F)cc2)cc(C)n1. The number of nitrogens with one attached hydrogen (secondary N) is 2. The molecule has 0 unspecified atom stereocenters. The van der Waals surface area contributed by atoms with E-state index in [1.165, 1.54) is 24.3 Å². The molecular formula is C18H20F3N3O2. The molecule has 0 saturated carbocycles. The van der Waals surface area contributed by atoms with Crippen LogP contribution in [0.3, 0.4) is 0 Å². The molecule has 0 bridgehead atoms. The third-order valence-corrected chi connectivity index (χ3v) is 3.53. The summed E-state index contributed by atoms with van der Waals surface area (Å²) in [5, 5.41) is 5.88. The highest BCUT2D eigenvalue weighted by Gasteiger charge is 2.31. The number of hydrogen-bond donors (Lipinski definition) is 2. The second kappa shape index (κ2) is 8.07. The van der Waals surface area contributed by atoms with E-state index < -0.39 is 12.4 Å². The number of ether oxygens (including phenoxy) is 1. The second-order valence-corrected chi connectivity index (χ2v) is 5.72. The van der Waals surface area contributed by atoms with Gasteiger partial charge in [-0.05, 0) is 50.6 Å². The molecule has 140 valence electrons. The minimum Gasteiger partial charge on any atom is -0.406 e. The van der Waals surface area contributed by atoms with Crippen LogP contribution >= 0.6 is 0 Å². The van der Waals surface area contributed by atoms with E-state index >= 15 is 0 Å². The number of carbonyl (C=O) groups is 1. The summed E-state index contributed by atoms with van der Waals surface area (Å²) in [7, 11) is 0. The summed E-state index contributed by atoms with van der Waals surface area (Å²) < 4.78 is 40.4. The van der Waals surface area contributed by atoms with Crippen LogP contribution in [0, 0.1) is 6.92 Å². The number of benzene rings is 1. The molecular weight excluding hydrogens is 347 g/mol. The van der Waals surface area contributed by atoms with Gasteiger partial charge in [0.1, 0.15) is 11.6 Å². The summed E-state index contributed by atoms with van der Waals surface area (Å²) in [5.74, 6) is 0.0107. The van der Waals surface area contributed by atoms with E-state index in [-0.39, 0.29) is 11.7 Å². The first-order chi connectivity index (χ1) is 12.2. The van der Waals surface area contributed by atoms with Crippen molar-refractivity contribution in [2.24, 2.45) is 0 Å². The van der Waals surface area contributed by atoms with Crippen molar-refractivity contribution in [1.82, 2.24) is 10.3 Å². The Kier molecular flexibility index (Phi) is 6.07. The zero-order chi connectivity index (χ0) is 19.3. The topological polar surface area (TPSA) is 63.2 Å². The van der Waals surface area contributed by atoms with E-state index in [9.17, 15) is 18.0 Å². The second-order valence-electron chi connectivity index (χ2n) is 5.72. The lowest BCUT2D eigenvalue weighted by Gasteiger charge is -2.16. The molecule has 0 aliphatic rings. The van der Waals surface area contributed by atoms with Crippen molar-refractivity contribution in [3.8, 4) is 5.75 Å². The van der Waals surface area contributed by atoms with Gasteiger partial charge >= 0.3 is 6.36 Å². The van der Waals surface area contributed by atoms with E-state index in [4.69, 9.17) is 0 Å². The van der Waals surface area contributed by atoms with Crippen LogP contribution in [0.4, 0.5) is 19.0 Å². The zero-order valence-electron chi connectivity index (χ0n) is 14.6. The summed E-state index contributed by atoms with van der Waals surface area (Å²) >= 11 is 0. The zero-order valence-corrected chi connectivity index (χ0v) is 14.6. The summed E-state index contributed by atoms with van der Waals surface area (Å²) in [6, 6.07) is 8.32. The number of anilines is 1. The Morgan fingerprint density at radius 1 is 1.23 bits per heavy atom. The molecule has 0 aliphatic carbocycles. The van der Waals surface area contributed by atoms with Gasteiger partial charge in [0.25, 0.3) is 5.91 Å². The maximum atomic E-state index is 12.5. The van der Waals surface area contributed by atoms with Gasteiger partial charge in [0, 0.05) is 17.8 Å². The molecule has 1 atom stereocenters. The van der Waals surface area contributed by atoms with Crippen LogP contribution in [0.25, 0.3) is 0 Å². The predicted octanol–water partition coefficient (Wildman–Crippen LogP) is 4.21. The van der Waals surface area contributed by atoms with Crippen LogP contribution in [0.5, 0.6) is 5.75 Å². The van der Waals surface area contributed by atoms with Gasteiger partial charge in [0.05, 0.1) is 6.04 Å². The fourth-order valence-electron chi connectivity index (χ4n) is 2.39. The van der Waals surface area contributed by atoms with Crippen LogP contribution in [0.15, 0.2) is 36.4 Å². The largest absolute Gasteiger partial charge is 0.573 e. The molecule has 1 amide bonds. The fraction of sp³-hybridized carbons (Fsp3) is 0.333. The monoisotopic (exact) mass is 367 g/mol. The van der Waals surface area contributed by atoms with Crippen molar-refractivity contribution < 1.29 is 22.7 Å². The standard InChI is InChI=1S/C18H20F3N3O2/c1-4-22-16-10-14(9-11(2)23-16)17(25)24-12(3)13-5-7-15(8-6-13)26-18(19,20)21/h5-10,12H,4H2,1-3H3,(H,22,23)(H,24,25)/t12-/m1/s1. The first-order valence-electron chi connectivity index (χ1n) is 8.07. The number of amides is 1. The molecule has 5 nitrogen and oxygen atoms in total. The molecule has 2 rings (SSSR count). The number of hydrogen-bond acceptors (Lipinski definition) is 4. The lowest BCUT2D eigenvalue weighted by molar-refractivity contribution is -0.274. The number of carbonyl (C=O) groups excluding carboxylic acids is 1. The average Bonchev–Trinajstić information content (AvgIpc) is 2.53. The summed E-state index contributed by atoms with van der Waals surface area (Å²) in [4.78, 5) is 16.7. The molecule has 0 spiro atoms. The van der Waals surface area contributed by atoms with Crippen LogP contribution < -0.4 is 15.4 Å². The average molecular weight is 367 g/mol. The highest BCUT2D eigenvalue weighted by atomic mass is 19.4. The van der Waals surface area contributed by atoms with Gasteiger partial charge in [-0.3, -0.25) is 4.79 Å². The Morgan fingerprint density at radius 2 is 1.88 bits per heavy atom. The number of alkyl halides is 3. The van der Waals surface area contributed by atoms with Gasteiger partial charge in [-0.2, -0.15) is 0 Å². The van der Waals surface area contributed by atoms with E-state index in [2.05, 4.69) is 20.4 Å². The Morgan fingerprint density at radius 3 is 2.46 bits per heavy atom. The van der Waals surface area contributed by atoms with Crippen LogP contribution in [-0.4, -0.2) is 23.8 Å². The Hall–Kier alpha value is -2.77. The molecule has 2 N–H and O–H groups in total. The lowest BCUT2D eigenvalue weighted by atomic mass is 10.1. The number of aryl methyl sites for hydroxylation is 1. The molecule has 0 fully saturated rings. The van der Waals surface area contributed by atoms with Gasteiger partial charge in [0.15, 0.2) is 0 Å². The third-order valence-electron chi connectivity index (χ3n) is 3.53. The molecule has 2 aromatic rings. The van der Waals surface area contributed by atoms with Crippen LogP contribution in [0.2, 0.25) is 0 Å². The van der Waals surface area contributed by atoms with E-state index in [0.29, 0.717) is 29.2 Å². The lowest BCUT2D eigenvalue weighted by Crippen LogP contribution is -2.27. The Labute approximate surface area is 149 Å². The predicted molar refractivity (Wildman–Crippen MR) is 92.1 cm³/mol. The van der Waals surface area contributed by atoms with Gasteiger partial charge in [0.2, 0.25) is 0 Å². The number of nitrogens with zero attached hydrogens (tertiary/aromatic N) is 1. The molecule has 0 radical (unpaired) electrons. The van der Waals surface area contributed by atoms with Gasteiger partial charge < -0.3 is 15.4 Å². The minimum absolute atomic E-state index is 0.294. The van der Waals surface area contributed by atoms with Gasteiger partial charge in [-0.1, -0.05) is 12.1 Å². The third kappa shape index (κ3) is 5.65. The molecule has 0 saturated heterocycles. The van der Waals surface area contributed by atoms with Crippen molar-refractivity contribution in [3.05, 3.63) is 53.2 Å². The van der Waals surface area contributed by atoms with E-state index in [0.717, 1.165) is 0 Å². The molecule has 1 aromatic carbocycles. The van der Waals surface area contributed by atoms with Crippen molar-refractivity contribution in [3.63, 3.8) is 0 Å². The molecule has 8 heteroatoms. The highest BCUT2D eigenvalue weighted by Crippen LogP contribution is 2.24. The normalized spacial score (nSPS) is 12.4. The quantitative estimate of drug-likeness (QED) is 0.803. The minimum atomic E-state index is -4.73. The number of pyridine rings is 1. The van der Waals surface area contributed by atoms with Crippen molar-refractivity contribution >= 4 is 11.7 Å². The maximum absolute atomic E-state index is 12.5. The number of rotatable bonds is 6. The van der Waals surface area contributed by atoms with Crippen LogP contribution in [-0.2, 0) is 0 Å². The Balaban J connectivity index is 2.07. The van der Waals surface area contributed by atoms with Crippen LogP contribution in [0.1, 0.15) is 41.5 Å². The van der Waals surface area contributed by atoms with Gasteiger partial charge in [-0.25, -0.2) is 4.98 Å². The molecule has 0 aliphatic heterocycles. The van der Waals surface area contributed by atoms with Gasteiger partial charge in [-0.15, -0.1) is 13.2 Å². The number of halogens is 3. The Bertz CT molecular complexity index is 761. The fourth-order valence-corrected chi connectivity index (χ4v) is 2.39. The van der Waals surface area contributed by atoms with Crippen molar-refractivity contribution in [1.29, 1.82) is 0 Å². The molecule has 1 heterocycles. The number of aromatic nitrogens is 1. The smallest absolute Gasteiger partial charge is 0.406 e. The molecule has 26 heavy (non-hydrogen) atoms. The summed E-state index contributed by atoms with van der Waals surface area (Å²) in [6.45, 7) is 6.15. The summed E-state index contributed by atoms with van der Waals surface area (Å²) in [5.41, 5.74) is 1.82. The summed E-state index contributed by atoms with van der Waals surface area (Å²) in [6.07, 6.45) is -4.73.